The standard InChI is InChI=1S/C29H40F6O7/c1-14(5-8-22(37)40-4)17-6-7-18-23-19(13-21(27(17,18)3)42-25(39)29(33,34)35)26(2)10-9-16(11-15(26)12-20(23)36)41-24(38)28(30,31)32/h14-21,23,36H,5-13H2,1-4H3/t14-,15+,16-,17-,18+,19+,20-,21+,23+,26+,27-/m1/s1. The molecule has 11 atom stereocenters. The van der Waals surface area contributed by atoms with Crippen molar-refractivity contribution in [3.8, 4) is 0 Å². The summed E-state index contributed by atoms with van der Waals surface area (Å²) in [4.78, 5) is 35.5. The molecule has 4 rings (SSSR count). The van der Waals surface area contributed by atoms with Gasteiger partial charge >= 0.3 is 30.3 Å². The summed E-state index contributed by atoms with van der Waals surface area (Å²) in [6.45, 7) is 5.71. The molecule has 13 heteroatoms. The van der Waals surface area contributed by atoms with E-state index in [1.54, 1.807) is 0 Å². The van der Waals surface area contributed by atoms with Crippen molar-refractivity contribution in [1.29, 1.82) is 0 Å². The normalized spacial score (nSPS) is 40.6. The Labute approximate surface area is 241 Å². The van der Waals surface area contributed by atoms with Gasteiger partial charge in [-0.2, -0.15) is 26.3 Å². The van der Waals surface area contributed by atoms with Gasteiger partial charge in [-0.25, -0.2) is 9.59 Å². The zero-order valence-electron chi connectivity index (χ0n) is 24.2. The van der Waals surface area contributed by atoms with Gasteiger partial charge in [-0.3, -0.25) is 4.79 Å². The van der Waals surface area contributed by atoms with Gasteiger partial charge < -0.3 is 19.3 Å². The molecule has 4 fully saturated rings. The minimum Gasteiger partial charge on any atom is -0.469 e. The number of alkyl halides is 6. The van der Waals surface area contributed by atoms with Crippen LogP contribution in [0, 0.1) is 46.3 Å². The SMILES string of the molecule is COC(=O)CC[C@@H](C)[C@H]1CC[C@H]2[C@@H]3[C@H](O)C[C@@H]4C[C@H](OC(=O)C(F)(F)F)CC[C@]4(C)[C@H]3C[C@H](OC(=O)C(F)(F)F)[C@]12C. The van der Waals surface area contributed by atoms with Crippen molar-refractivity contribution < 1.29 is 60.0 Å². The lowest BCUT2D eigenvalue weighted by atomic mass is 9.43. The zero-order valence-corrected chi connectivity index (χ0v) is 24.2. The monoisotopic (exact) mass is 614 g/mol. The molecule has 4 aliphatic rings. The number of carbonyl (C=O) groups is 3. The van der Waals surface area contributed by atoms with Crippen molar-refractivity contribution >= 4 is 17.9 Å². The van der Waals surface area contributed by atoms with Crippen molar-refractivity contribution in [1.82, 2.24) is 0 Å². The molecule has 240 valence electrons. The number of carbonyl (C=O) groups excluding carboxylic acids is 3. The fourth-order valence-electron chi connectivity index (χ4n) is 9.43. The maximum Gasteiger partial charge on any atom is 0.490 e. The molecule has 0 amide bonds. The van der Waals surface area contributed by atoms with E-state index in [-0.39, 0.29) is 67.6 Å². The molecule has 7 nitrogen and oxygen atoms in total. The van der Waals surface area contributed by atoms with E-state index >= 15 is 0 Å². The van der Waals surface area contributed by atoms with Gasteiger partial charge in [0.2, 0.25) is 0 Å². The van der Waals surface area contributed by atoms with Gasteiger partial charge in [0.05, 0.1) is 13.2 Å². The predicted octanol–water partition coefficient (Wildman–Crippen LogP) is 5.76. The first-order valence-electron chi connectivity index (χ1n) is 14.6. The highest BCUT2D eigenvalue weighted by atomic mass is 19.4. The van der Waals surface area contributed by atoms with E-state index in [1.807, 2.05) is 20.8 Å². The van der Waals surface area contributed by atoms with Crippen LogP contribution >= 0.6 is 0 Å². The third-order valence-electron chi connectivity index (χ3n) is 11.5. The van der Waals surface area contributed by atoms with E-state index in [2.05, 4.69) is 0 Å². The smallest absolute Gasteiger partial charge is 0.469 e. The van der Waals surface area contributed by atoms with Gasteiger partial charge in [0, 0.05) is 11.8 Å². The third kappa shape index (κ3) is 5.87. The van der Waals surface area contributed by atoms with Crippen LogP contribution in [0.5, 0.6) is 0 Å². The number of hydrogen-bond acceptors (Lipinski definition) is 7. The first-order chi connectivity index (χ1) is 19.3. The number of aliphatic hydroxyl groups excluding tert-OH is 1. The first-order valence-corrected chi connectivity index (χ1v) is 14.6. The van der Waals surface area contributed by atoms with Crippen LogP contribution in [0.15, 0.2) is 0 Å². The third-order valence-corrected chi connectivity index (χ3v) is 11.5. The van der Waals surface area contributed by atoms with Crippen molar-refractivity contribution in [3.05, 3.63) is 0 Å². The van der Waals surface area contributed by atoms with E-state index in [9.17, 15) is 45.8 Å². The lowest BCUT2D eigenvalue weighted by molar-refractivity contribution is -0.241. The highest BCUT2D eigenvalue weighted by Crippen LogP contribution is 2.69. The Balaban J connectivity index is 1.64. The molecule has 0 bridgehead atoms. The average molecular weight is 615 g/mol. The summed E-state index contributed by atoms with van der Waals surface area (Å²) in [6, 6.07) is 0. The van der Waals surface area contributed by atoms with Gasteiger partial charge in [-0.15, -0.1) is 0 Å². The summed E-state index contributed by atoms with van der Waals surface area (Å²) in [5.74, 6) is -6.53. The molecular weight excluding hydrogens is 574 g/mol. The predicted molar refractivity (Wildman–Crippen MR) is 134 cm³/mol. The summed E-state index contributed by atoms with van der Waals surface area (Å²) in [5, 5.41) is 11.5. The number of methoxy groups -OCH3 is 1. The second-order valence-electron chi connectivity index (χ2n) is 13.4. The van der Waals surface area contributed by atoms with Gasteiger partial charge in [-0.05, 0) is 92.3 Å². The van der Waals surface area contributed by atoms with Crippen LogP contribution < -0.4 is 0 Å². The summed E-state index contributed by atoms with van der Waals surface area (Å²) in [6.07, 6.45) is -10.6. The summed E-state index contributed by atoms with van der Waals surface area (Å²) in [7, 11) is 1.28. The fourth-order valence-corrected chi connectivity index (χ4v) is 9.43. The number of ether oxygens (including phenoxy) is 3. The lowest BCUT2D eigenvalue weighted by Gasteiger charge is -2.64. The first kappa shape index (κ1) is 32.9. The molecule has 0 aliphatic heterocycles. The Morgan fingerprint density at radius 2 is 1.52 bits per heavy atom. The Morgan fingerprint density at radius 1 is 0.905 bits per heavy atom. The molecule has 0 heterocycles. The van der Waals surface area contributed by atoms with Crippen molar-refractivity contribution in [2.45, 2.75) is 109 Å². The van der Waals surface area contributed by atoms with Crippen LogP contribution in [0.25, 0.3) is 0 Å². The van der Waals surface area contributed by atoms with E-state index in [0.717, 1.165) is 0 Å². The largest absolute Gasteiger partial charge is 0.490 e. The zero-order chi connectivity index (χ0) is 31.4. The Hall–Kier alpha value is -2.05. The minimum absolute atomic E-state index is 0.0662. The highest BCUT2D eigenvalue weighted by molar-refractivity contribution is 5.76. The number of hydrogen-bond donors (Lipinski definition) is 1. The quantitative estimate of drug-likeness (QED) is 0.231. The number of aliphatic hydroxyl groups is 1. The molecule has 0 aromatic carbocycles. The molecule has 4 aliphatic carbocycles. The fraction of sp³-hybridized carbons (Fsp3) is 0.897. The summed E-state index contributed by atoms with van der Waals surface area (Å²) in [5.41, 5.74) is -1.48. The van der Waals surface area contributed by atoms with Gasteiger partial charge in [0.15, 0.2) is 0 Å². The van der Waals surface area contributed by atoms with Crippen LogP contribution in [0.1, 0.15) is 78.6 Å². The van der Waals surface area contributed by atoms with Crippen LogP contribution in [0.2, 0.25) is 0 Å². The van der Waals surface area contributed by atoms with Crippen LogP contribution in [0.4, 0.5) is 26.3 Å². The van der Waals surface area contributed by atoms with E-state index < -0.39 is 59.4 Å². The number of fused-ring (bicyclic) bond motifs is 5. The minimum atomic E-state index is -5.20. The molecule has 0 aromatic rings. The molecular formula is C29H40F6O7. The molecule has 0 radical (unpaired) electrons. The number of rotatable bonds is 6. The molecule has 0 saturated heterocycles. The topological polar surface area (TPSA) is 99.1 Å². The Kier molecular flexibility index (Phi) is 8.97. The molecule has 0 spiro atoms. The molecule has 0 aromatic heterocycles. The maximum atomic E-state index is 13.5. The Morgan fingerprint density at radius 3 is 2.12 bits per heavy atom. The molecule has 4 saturated carbocycles. The van der Waals surface area contributed by atoms with Crippen molar-refractivity contribution in [2.24, 2.45) is 46.3 Å². The molecule has 0 unspecified atom stereocenters. The molecule has 42 heavy (non-hydrogen) atoms. The van der Waals surface area contributed by atoms with Crippen LogP contribution in [-0.4, -0.2) is 60.8 Å². The van der Waals surface area contributed by atoms with Crippen LogP contribution in [0.3, 0.4) is 0 Å². The van der Waals surface area contributed by atoms with Crippen molar-refractivity contribution in [3.63, 3.8) is 0 Å². The second kappa shape index (κ2) is 11.5. The highest BCUT2D eigenvalue weighted by Gasteiger charge is 2.67. The lowest BCUT2D eigenvalue weighted by Crippen LogP contribution is -2.63. The molecule has 1 N–H and O–H groups in total. The average Bonchev–Trinajstić information content (AvgIpc) is 3.25. The van der Waals surface area contributed by atoms with Gasteiger partial charge in [0.25, 0.3) is 0 Å². The number of esters is 3. The van der Waals surface area contributed by atoms with Gasteiger partial charge in [0.1, 0.15) is 12.2 Å². The van der Waals surface area contributed by atoms with Gasteiger partial charge in [-0.1, -0.05) is 20.8 Å². The van der Waals surface area contributed by atoms with Crippen LogP contribution in [-0.2, 0) is 28.6 Å². The second-order valence-corrected chi connectivity index (χ2v) is 13.4. The van der Waals surface area contributed by atoms with E-state index in [0.29, 0.717) is 25.7 Å². The van der Waals surface area contributed by atoms with E-state index in [4.69, 9.17) is 14.2 Å². The summed E-state index contributed by atoms with van der Waals surface area (Å²) >= 11 is 0. The maximum absolute atomic E-state index is 13.5. The van der Waals surface area contributed by atoms with Crippen molar-refractivity contribution in [2.75, 3.05) is 7.11 Å². The number of halogens is 6. The van der Waals surface area contributed by atoms with E-state index in [1.165, 1.54) is 7.11 Å². The summed E-state index contributed by atoms with van der Waals surface area (Å²) < 4.78 is 93.6. The Bertz CT molecular complexity index is 1050.